The Morgan fingerprint density at radius 1 is 1.36 bits per heavy atom. The van der Waals surface area contributed by atoms with E-state index in [0.717, 1.165) is 47.3 Å². The monoisotopic (exact) mass is 394 g/mol. The average molecular weight is 395 g/mol. The first-order chi connectivity index (χ1) is 12.1. The van der Waals surface area contributed by atoms with Crippen molar-refractivity contribution in [1.29, 1.82) is 5.26 Å². The molecule has 1 unspecified atom stereocenters. The number of carbonyl (C=O) groups is 1. The van der Waals surface area contributed by atoms with Gasteiger partial charge in [-0.1, -0.05) is 11.6 Å². The van der Waals surface area contributed by atoms with Crippen LogP contribution in [0.5, 0.6) is 0 Å². The number of anilines is 1. The lowest BCUT2D eigenvalue weighted by Gasteiger charge is -2.12. The molecule has 3 rings (SSSR count). The van der Waals surface area contributed by atoms with Gasteiger partial charge in [0.15, 0.2) is 0 Å². The fraction of sp³-hybridized carbons (Fsp3) is 0.444. The number of fused-ring (bicyclic) bond motifs is 1. The molecule has 4 nitrogen and oxygen atoms in total. The largest absolute Gasteiger partial charge is 0.333 e. The molecule has 0 saturated heterocycles. The molecular formula is C18H21ClN3OS2+. The van der Waals surface area contributed by atoms with Gasteiger partial charge >= 0.3 is 0 Å². The molecular weight excluding hydrogens is 374 g/mol. The number of hydrogen-bond acceptors (Lipinski definition) is 4. The van der Waals surface area contributed by atoms with Crippen LogP contribution >= 0.6 is 34.3 Å². The highest BCUT2D eigenvalue weighted by Gasteiger charge is 2.22. The van der Waals surface area contributed by atoms with Crippen LogP contribution < -0.4 is 10.2 Å². The number of quaternary nitrogens is 1. The highest BCUT2D eigenvalue weighted by molar-refractivity contribution is 7.16. The number of nitrogens with one attached hydrogen (secondary N) is 2. The second-order valence-corrected chi connectivity index (χ2v) is 9.32. The van der Waals surface area contributed by atoms with E-state index >= 15 is 0 Å². The summed E-state index contributed by atoms with van der Waals surface area (Å²) < 4.78 is 0.797. The van der Waals surface area contributed by atoms with Crippen molar-refractivity contribution in [2.75, 3.05) is 18.9 Å². The Morgan fingerprint density at radius 2 is 2.16 bits per heavy atom. The highest BCUT2D eigenvalue weighted by Crippen LogP contribution is 2.37. The van der Waals surface area contributed by atoms with Gasteiger partial charge in [0, 0.05) is 4.88 Å². The van der Waals surface area contributed by atoms with Gasteiger partial charge in [-0.2, -0.15) is 5.26 Å². The number of halogens is 1. The lowest BCUT2D eigenvalue weighted by Crippen LogP contribution is -3.07. The van der Waals surface area contributed by atoms with Crippen molar-refractivity contribution in [3.8, 4) is 6.07 Å². The normalized spacial score (nSPS) is 14.6. The molecule has 1 amide bonds. The van der Waals surface area contributed by atoms with Crippen LogP contribution in [0.2, 0.25) is 4.34 Å². The molecule has 2 N–H and O–H groups in total. The summed E-state index contributed by atoms with van der Waals surface area (Å²) in [5.41, 5.74) is 1.84. The summed E-state index contributed by atoms with van der Waals surface area (Å²) in [4.78, 5) is 16.1. The van der Waals surface area contributed by atoms with Crippen LogP contribution in [0.1, 0.15) is 40.1 Å². The van der Waals surface area contributed by atoms with Gasteiger partial charge in [0.25, 0.3) is 0 Å². The standard InChI is InChI=1S/C18H20ClN3OS2/c1-22(11-12-6-7-16(19)24-12)9-8-17(23)21-18-14(10-20)13-4-2-3-5-15(13)25-18/h6-7H,2-5,8-9,11H2,1H3,(H,21,23)/p+1. The predicted octanol–water partition coefficient (Wildman–Crippen LogP) is 3.26. The van der Waals surface area contributed by atoms with Crippen molar-refractivity contribution in [2.24, 2.45) is 0 Å². The molecule has 0 radical (unpaired) electrons. The molecule has 0 aromatic carbocycles. The molecule has 1 aliphatic rings. The molecule has 2 aromatic heterocycles. The summed E-state index contributed by atoms with van der Waals surface area (Å²) in [5, 5.41) is 13.2. The minimum absolute atomic E-state index is 0.0151. The van der Waals surface area contributed by atoms with Crippen molar-refractivity contribution < 1.29 is 9.69 Å². The van der Waals surface area contributed by atoms with Gasteiger partial charge in [-0.25, -0.2) is 0 Å². The highest BCUT2D eigenvalue weighted by atomic mass is 35.5. The molecule has 1 atom stereocenters. The van der Waals surface area contributed by atoms with Gasteiger partial charge < -0.3 is 10.2 Å². The first-order valence-corrected chi connectivity index (χ1v) is 10.5. The van der Waals surface area contributed by atoms with E-state index in [9.17, 15) is 10.1 Å². The van der Waals surface area contributed by atoms with E-state index in [1.54, 1.807) is 22.7 Å². The molecule has 7 heteroatoms. The van der Waals surface area contributed by atoms with E-state index in [0.29, 0.717) is 12.0 Å². The molecule has 25 heavy (non-hydrogen) atoms. The second-order valence-electron chi connectivity index (χ2n) is 6.41. The smallest absolute Gasteiger partial charge is 0.230 e. The third-order valence-corrected chi connectivity index (χ3v) is 6.86. The van der Waals surface area contributed by atoms with Gasteiger partial charge in [-0.05, 0) is 43.4 Å². The van der Waals surface area contributed by atoms with Crippen LogP contribution in [0.25, 0.3) is 0 Å². The Hall–Kier alpha value is -1.39. The number of nitriles is 1. The van der Waals surface area contributed by atoms with Crippen LogP contribution in [0.4, 0.5) is 5.00 Å². The second kappa shape index (κ2) is 8.33. The fourth-order valence-corrected chi connectivity index (χ4v) is 5.58. The van der Waals surface area contributed by atoms with Crippen LogP contribution in [0, 0.1) is 11.3 Å². The number of carbonyl (C=O) groups excluding carboxylic acids is 1. The third-order valence-electron chi connectivity index (χ3n) is 4.42. The maximum Gasteiger partial charge on any atom is 0.230 e. The first kappa shape index (κ1) is 18.4. The Morgan fingerprint density at radius 3 is 2.88 bits per heavy atom. The number of aryl methyl sites for hydroxylation is 1. The van der Waals surface area contributed by atoms with Gasteiger partial charge in [0.05, 0.1) is 34.8 Å². The zero-order valence-electron chi connectivity index (χ0n) is 14.2. The Bertz CT molecular complexity index is 806. The van der Waals surface area contributed by atoms with Crippen LogP contribution in [-0.4, -0.2) is 19.5 Å². The maximum atomic E-state index is 12.3. The molecule has 2 heterocycles. The van der Waals surface area contributed by atoms with Gasteiger partial charge in [0.2, 0.25) is 5.91 Å². The molecule has 0 saturated carbocycles. The van der Waals surface area contributed by atoms with Crippen molar-refractivity contribution in [1.82, 2.24) is 0 Å². The quantitative estimate of drug-likeness (QED) is 0.790. The lowest BCUT2D eigenvalue weighted by atomic mass is 9.96. The van der Waals surface area contributed by atoms with E-state index in [-0.39, 0.29) is 5.91 Å². The fourth-order valence-electron chi connectivity index (χ4n) is 3.12. The third kappa shape index (κ3) is 4.62. The molecule has 0 spiro atoms. The Balaban J connectivity index is 1.54. The number of hydrogen-bond donors (Lipinski definition) is 2. The number of rotatable bonds is 6. The number of amides is 1. The van der Waals surface area contributed by atoms with Crippen LogP contribution in [-0.2, 0) is 24.2 Å². The van der Waals surface area contributed by atoms with Crippen molar-refractivity contribution in [2.45, 2.75) is 38.6 Å². The van der Waals surface area contributed by atoms with Gasteiger partial charge in [-0.15, -0.1) is 22.7 Å². The maximum absolute atomic E-state index is 12.3. The first-order valence-electron chi connectivity index (χ1n) is 8.47. The number of thiophene rings is 2. The van der Waals surface area contributed by atoms with E-state index in [1.165, 1.54) is 21.1 Å². The lowest BCUT2D eigenvalue weighted by molar-refractivity contribution is -0.892. The van der Waals surface area contributed by atoms with Crippen molar-refractivity contribution >= 4 is 45.2 Å². The summed E-state index contributed by atoms with van der Waals surface area (Å²) in [5.74, 6) is -0.0151. The van der Waals surface area contributed by atoms with E-state index < -0.39 is 0 Å². The van der Waals surface area contributed by atoms with Crippen molar-refractivity contribution in [3.05, 3.63) is 37.4 Å². The Labute approximate surface area is 161 Å². The average Bonchev–Trinajstić information content (AvgIpc) is 3.15. The summed E-state index contributed by atoms with van der Waals surface area (Å²) in [6.07, 6.45) is 4.74. The van der Waals surface area contributed by atoms with Gasteiger partial charge in [0.1, 0.15) is 17.6 Å². The Kier molecular flexibility index (Phi) is 6.13. The van der Waals surface area contributed by atoms with Crippen LogP contribution in [0.3, 0.4) is 0 Å². The van der Waals surface area contributed by atoms with E-state index in [2.05, 4.69) is 18.4 Å². The van der Waals surface area contributed by atoms with Crippen molar-refractivity contribution in [3.63, 3.8) is 0 Å². The zero-order valence-corrected chi connectivity index (χ0v) is 16.5. The minimum atomic E-state index is -0.0151. The van der Waals surface area contributed by atoms with E-state index in [1.807, 2.05) is 12.1 Å². The number of nitrogens with zero attached hydrogens (tertiary/aromatic N) is 1. The summed E-state index contributed by atoms with van der Waals surface area (Å²) >= 11 is 9.12. The topological polar surface area (TPSA) is 57.3 Å². The molecule has 0 bridgehead atoms. The SMILES string of the molecule is C[NH+](CCC(=O)Nc1sc2c(c1C#N)CCCC2)Cc1ccc(Cl)s1. The molecule has 0 fully saturated rings. The van der Waals surface area contributed by atoms with E-state index in [4.69, 9.17) is 11.6 Å². The molecule has 2 aromatic rings. The summed E-state index contributed by atoms with van der Waals surface area (Å²) in [6, 6.07) is 6.23. The predicted molar refractivity (Wildman–Crippen MR) is 104 cm³/mol. The molecule has 0 aliphatic heterocycles. The summed E-state index contributed by atoms with van der Waals surface area (Å²) in [6.45, 7) is 1.61. The zero-order chi connectivity index (χ0) is 17.8. The van der Waals surface area contributed by atoms with Gasteiger partial charge in [-0.3, -0.25) is 4.79 Å². The molecule has 132 valence electrons. The van der Waals surface area contributed by atoms with Crippen LogP contribution in [0.15, 0.2) is 12.1 Å². The minimum Gasteiger partial charge on any atom is -0.333 e. The summed E-state index contributed by atoms with van der Waals surface area (Å²) in [7, 11) is 2.07. The molecule has 1 aliphatic carbocycles.